The SMILES string of the molecule is COc1cccc(NCc2ccsc2)c1. The van der Waals surface area contributed by atoms with Gasteiger partial charge in [0.2, 0.25) is 0 Å². The molecule has 0 saturated heterocycles. The summed E-state index contributed by atoms with van der Waals surface area (Å²) in [5.41, 5.74) is 2.39. The molecule has 0 spiro atoms. The Morgan fingerprint density at radius 2 is 2.27 bits per heavy atom. The lowest BCUT2D eigenvalue weighted by atomic mass is 10.3. The van der Waals surface area contributed by atoms with Crippen molar-refractivity contribution >= 4 is 17.0 Å². The first-order valence-electron chi connectivity index (χ1n) is 4.77. The van der Waals surface area contributed by atoms with E-state index in [0.717, 1.165) is 18.0 Å². The molecule has 15 heavy (non-hydrogen) atoms. The molecular formula is C12H13NOS. The number of hydrogen-bond donors (Lipinski definition) is 1. The molecule has 1 N–H and O–H groups in total. The average molecular weight is 219 g/mol. The molecule has 2 nitrogen and oxygen atoms in total. The van der Waals surface area contributed by atoms with Gasteiger partial charge in [0.15, 0.2) is 0 Å². The number of ether oxygens (including phenoxy) is 1. The summed E-state index contributed by atoms with van der Waals surface area (Å²) in [5, 5.41) is 7.58. The van der Waals surface area contributed by atoms with Gasteiger partial charge in [0.1, 0.15) is 5.75 Å². The average Bonchev–Trinajstić information content (AvgIpc) is 2.79. The van der Waals surface area contributed by atoms with E-state index < -0.39 is 0 Å². The van der Waals surface area contributed by atoms with Gasteiger partial charge in [-0.2, -0.15) is 11.3 Å². The van der Waals surface area contributed by atoms with Crippen LogP contribution in [0.15, 0.2) is 41.1 Å². The molecule has 0 radical (unpaired) electrons. The molecule has 2 aromatic rings. The van der Waals surface area contributed by atoms with Crippen LogP contribution in [-0.2, 0) is 6.54 Å². The van der Waals surface area contributed by atoms with Gasteiger partial charge in [-0.15, -0.1) is 0 Å². The zero-order valence-corrected chi connectivity index (χ0v) is 9.38. The highest BCUT2D eigenvalue weighted by molar-refractivity contribution is 7.07. The van der Waals surface area contributed by atoms with Crippen molar-refractivity contribution in [2.45, 2.75) is 6.54 Å². The smallest absolute Gasteiger partial charge is 0.120 e. The molecular weight excluding hydrogens is 206 g/mol. The van der Waals surface area contributed by atoms with Crippen LogP contribution in [0.4, 0.5) is 5.69 Å². The third-order valence-electron chi connectivity index (χ3n) is 2.15. The van der Waals surface area contributed by atoms with Gasteiger partial charge in [0.25, 0.3) is 0 Å². The topological polar surface area (TPSA) is 21.3 Å². The molecule has 0 saturated carbocycles. The van der Waals surface area contributed by atoms with Crippen LogP contribution in [-0.4, -0.2) is 7.11 Å². The van der Waals surface area contributed by atoms with Crippen LogP contribution < -0.4 is 10.1 Å². The van der Waals surface area contributed by atoms with E-state index in [1.54, 1.807) is 18.4 Å². The van der Waals surface area contributed by atoms with E-state index in [0.29, 0.717) is 0 Å². The molecule has 0 unspecified atom stereocenters. The lowest BCUT2D eigenvalue weighted by Gasteiger charge is -2.06. The predicted molar refractivity (Wildman–Crippen MR) is 64.6 cm³/mol. The van der Waals surface area contributed by atoms with Gasteiger partial charge in [-0.3, -0.25) is 0 Å². The summed E-state index contributed by atoms with van der Waals surface area (Å²) in [6.07, 6.45) is 0. The lowest BCUT2D eigenvalue weighted by molar-refractivity contribution is 0.415. The van der Waals surface area contributed by atoms with Crippen molar-refractivity contribution in [3.05, 3.63) is 46.7 Å². The first-order valence-corrected chi connectivity index (χ1v) is 5.72. The first-order chi connectivity index (χ1) is 7.38. The Morgan fingerprint density at radius 3 is 3.00 bits per heavy atom. The number of benzene rings is 1. The second-order valence-electron chi connectivity index (χ2n) is 3.22. The molecule has 0 aliphatic carbocycles. The highest BCUT2D eigenvalue weighted by Gasteiger charge is 1.96. The lowest BCUT2D eigenvalue weighted by Crippen LogP contribution is -1.97. The number of thiophene rings is 1. The van der Waals surface area contributed by atoms with Crippen LogP contribution in [0.25, 0.3) is 0 Å². The summed E-state index contributed by atoms with van der Waals surface area (Å²) in [6, 6.07) is 10.1. The maximum atomic E-state index is 5.15. The Bertz CT molecular complexity index is 411. The number of methoxy groups -OCH3 is 1. The quantitative estimate of drug-likeness (QED) is 0.851. The van der Waals surface area contributed by atoms with Crippen LogP contribution in [0.1, 0.15) is 5.56 Å². The van der Waals surface area contributed by atoms with Crippen LogP contribution in [0.2, 0.25) is 0 Å². The van der Waals surface area contributed by atoms with Gasteiger partial charge in [-0.05, 0) is 34.5 Å². The second kappa shape index (κ2) is 4.84. The van der Waals surface area contributed by atoms with E-state index >= 15 is 0 Å². The molecule has 1 heterocycles. The van der Waals surface area contributed by atoms with Gasteiger partial charge in [-0.25, -0.2) is 0 Å². The number of rotatable bonds is 4. The van der Waals surface area contributed by atoms with E-state index in [9.17, 15) is 0 Å². The molecule has 2 rings (SSSR count). The molecule has 0 aliphatic heterocycles. The molecule has 3 heteroatoms. The van der Waals surface area contributed by atoms with Crippen molar-refractivity contribution in [1.82, 2.24) is 0 Å². The van der Waals surface area contributed by atoms with Crippen molar-refractivity contribution in [2.75, 3.05) is 12.4 Å². The largest absolute Gasteiger partial charge is 0.497 e. The van der Waals surface area contributed by atoms with E-state index in [2.05, 4.69) is 22.1 Å². The molecule has 0 bridgehead atoms. The van der Waals surface area contributed by atoms with Crippen molar-refractivity contribution in [2.24, 2.45) is 0 Å². The molecule has 0 fully saturated rings. The first kappa shape index (κ1) is 10.1. The van der Waals surface area contributed by atoms with E-state index in [-0.39, 0.29) is 0 Å². The Labute approximate surface area is 93.5 Å². The minimum atomic E-state index is 0.858. The van der Waals surface area contributed by atoms with Crippen LogP contribution in [0.5, 0.6) is 5.75 Å². The summed E-state index contributed by atoms with van der Waals surface area (Å²) in [5.74, 6) is 0.880. The Balaban J connectivity index is 1.98. The zero-order chi connectivity index (χ0) is 10.5. The fourth-order valence-electron chi connectivity index (χ4n) is 1.33. The van der Waals surface area contributed by atoms with Crippen LogP contribution in [0.3, 0.4) is 0 Å². The van der Waals surface area contributed by atoms with Crippen molar-refractivity contribution in [3.63, 3.8) is 0 Å². The fraction of sp³-hybridized carbons (Fsp3) is 0.167. The third kappa shape index (κ3) is 2.73. The zero-order valence-electron chi connectivity index (χ0n) is 8.57. The maximum absolute atomic E-state index is 5.15. The second-order valence-corrected chi connectivity index (χ2v) is 4.00. The minimum absolute atomic E-state index is 0.858. The molecule has 0 atom stereocenters. The molecule has 0 amide bonds. The summed E-state index contributed by atoms with van der Waals surface area (Å²) >= 11 is 1.72. The highest BCUT2D eigenvalue weighted by Crippen LogP contribution is 2.17. The summed E-state index contributed by atoms with van der Waals surface area (Å²) in [7, 11) is 1.68. The van der Waals surface area contributed by atoms with Gasteiger partial charge < -0.3 is 10.1 Å². The molecule has 1 aromatic carbocycles. The normalized spacial score (nSPS) is 9.93. The van der Waals surface area contributed by atoms with Crippen LogP contribution in [0, 0.1) is 0 Å². The Hall–Kier alpha value is -1.48. The van der Waals surface area contributed by atoms with Gasteiger partial charge in [0.05, 0.1) is 7.11 Å². The molecule has 0 aliphatic rings. The van der Waals surface area contributed by atoms with Crippen molar-refractivity contribution in [1.29, 1.82) is 0 Å². The van der Waals surface area contributed by atoms with Crippen molar-refractivity contribution in [3.8, 4) is 5.75 Å². The van der Waals surface area contributed by atoms with Gasteiger partial charge in [-0.1, -0.05) is 6.07 Å². The fourth-order valence-corrected chi connectivity index (χ4v) is 2.00. The van der Waals surface area contributed by atoms with Crippen molar-refractivity contribution < 1.29 is 4.74 Å². The van der Waals surface area contributed by atoms with Gasteiger partial charge >= 0.3 is 0 Å². The summed E-state index contributed by atoms with van der Waals surface area (Å²) in [6.45, 7) is 0.858. The summed E-state index contributed by atoms with van der Waals surface area (Å²) < 4.78 is 5.15. The Morgan fingerprint density at radius 1 is 1.33 bits per heavy atom. The van der Waals surface area contributed by atoms with Gasteiger partial charge in [0, 0.05) is 18.3 Å². The highest BCUT2D eigenvalue weighted by atomic mass is 32.1. The van der Waals surface area contributed by atoms with Crippen LogP contribution >= 0.6 is 11.3 Å². The third-order valence-corrected chi connectivity index (χ3v) is 2.88. The Kier molecular flexibility index (Phi) is 3.25. The standard InChI is InChI=1S/C12H13NOS/c1-14-12-4-2-3-11(7-12)13-8-10-5-6-15-9-10/h2-7,9,13H,8H2,1H3. The number of hydrogen-bond acceptors (Lipinski definition) is 3. The van der Waals surface area contributed by atoms with E-state index in [1.165, 1.54) is 5.56 Å². The van der Waals surface area contributed by atoms with E-state index in [4.69, 9.17) is 4.74 Å². The number of anilines is 1. The predicted octanol–water partition coefficient (Wildman–Crippen LogP) is 3.37. The molecule has 1 aromatic heterocycles. The monoisotopic (exact) mass is 219 g/mol. The number of nitrogens with one attached hydrogen (secondary N) is 1. The van der Waals surface area contributed by atoms with E-state index in [1.807, 2.05) is 24.3 Å². The minimum Gasteiger partial charge on any atom is -0.497 e. The molecule has 78 valence electrons. The summed E-state index contributed by atoms with van der Waals surface area (Å²) in [4.78, 5) is 0. The maximum Gasteiger partial charge on any atom is 0.120 e.